The van der Waals surface area contributed by atoms with Gasteiger partial charge in [0.1, 0.15) is 24.4 Å². The van der Waals surface area contributed by atoms with Crippen molar-refractivity contribution in [3.8, 4) is 0 Å². The third-order valence-electron chi connectivity index (χ3n) is 4.61. The Labute approximate surface area is 147 Å². The van der Waals surface area contributed by atoms with Crippen molar-refractivity contribution in [3.63, 3.8) is 0 Å². The molecule has 0 aromatic heterocycles. The minimum absolute atomic E-state index is 0.264. The summed E-state index contributed by atoms with van der Waals surface area (Å²) in [6.07, 6.45) is -2.64. The summed E-state index contributed by atoms with van der Waals surface area (Å²) >= 11 is 0. The molecule has 2 aliphatic rings. The van der Waals surface area contributed by atoms with Gasteiger partial charge in [0, 0.05) is 0 Å². The van der Waals surface area contributed by atoms with Gasteiger partial charge in [0.2, 0.25) is 0 Å². The fourth-order valence-electron chi connectivity index (χ4n) is 3.27. The molecule has 2 aromatic rings. The Balaban J connectivity index is 1.40. The monoisotopic (exact) mass is 342 g/mol. The predicted molar refractivity (Wildman–Crippen MR) is 90.7 cm³/mol. The first-order valence-electron chi connectivity index (χ1n) is 8.57. The van der Waals surface area contributed by atoms with E-state index in [1.54, 1.807) is 0 Å². The molecule has 5 heteroatoms. The highest BCUT2D eigenvalue weighted by Gasteiger charge is 2.51. The van der Waals surface area contributed by atoms with Gasteiger partial charge in [-0.1, -0.05) is 60.7 Å². The highest BCUT2D eigenvalue weighted by molar-refractivity contribution is 5.14. The molecule has 132 valence electrons. The maximum absolute atomic E-state index is 10.8. The summed E-state index contributed by atoms with van der Waals surface area (Å²) in [5.74, 6) is 0. The van der Waals surface area contributed by atoms with Crippen LogP contribution in [0.5, 0.6) is 0 Å². The summed E-state index contributed by atoms with van der Waals surface area (Å²) in [5.41, 5.74) is 2.09. The van der Waals surface area contributed by atoms with E-state index in [9.17, 15) is 5.11 Å². The number of hydrogen-bond donors (Lipinski definition) is 1. The smallest absolute Gasteiger partial charge is 0.187 e. The number of benzene rings is 2. The number of aliphatic hydroxyl groups excluding tert-OH is 1. The summed E-state index contributed by atoms with van der Waals surface area (Å²) < 4.78 is 23.4. The van der Waals surface area contributed by atoms with Gasteiger partial charge in [-0.15, -0.1) is 0 Å². The Hall–Kier alpha value is -1.76. The lowest BCUT2D eigenvalue weighted by atomic mass is 10.0. The minimum Gasteiger partial charge on any atom is -0.387 e. The van der Waals surface area contributed by atoms with Crippen LogP contribution in [0.25, 0.3) is 0 Å². The van der Waals surface area contributed by atoms with E-state index in [1.807, 2.05) is 60.7 Å². The molecule has 0 saturated carbocycles. The molecule has 5 atom stereocenters. The van der Waals surface area contributed by atoms with Crippen LogP contribution in [-0.4, -0.2) is 42.4 Å². The molecule has 2 heterocycles. The van der Waals surface area contributed by atoms with E-state index in [2.05, 4.69) is 0 Å². The van der Waals surface area contributed by atoms with Crippen LogP contribution in [0.1, 0.15) is 11.1 Å². The Morgan fingerprint density at radius 2 is 1.40 bits per heavy atom. The van der Waals surface area contributed by atoms with Crippen LogP contribution < -0.4 is 0 Å². The second-order valence-electron chi connectivity index (χ2n) is 6.39. The van der Waals surface area contributed by atoms with Crippen molar-refractivity contribution in [2.24, 2.45) is 0 Å². The minimum atomic E-state index is -0.793. The second-order valence-corrected chi connectivity index (χ2v) is 6.39. The van der Waals surface area contributed by atoms with E-state index < -0.39 is 24.6 Å². The molecule has 2 aromatic carbocycles. The average molecular weight is 342 g/mol. The van der Waals surface area contributed by atoms with Crippen molar-refractivity contribution in [2.75, 3.05) is 6.61 Å². The van der Waals surface area contributed by atoms with Crippen molar-refractivity contribution in [2.45, 2.75) is 43.9 Å². The quantitative estimate of drug-likeness (QED) is 0.873. The van der Waals surface area contributed by atoms with Crippen molar-refractivity contribution in [1.82, 2.24) is 0 Å². The van der Waals surface area contributed by atoms with Crippen LogP contribution in [-0.2, 0) is 32.2 Å². The van der Waals surface area contributed by atoms with Gasteiger partial charge in [-0.3, -0.25) is 0 Å². The molecule has 0 spiro atoms. The molecule has 5 nitrogen and oxygen atoms in total. The molecule has 0 aliphatic carbocycles. The molecular weight excluding hydrogens is 320 g/mol. The van der Waals surface area contributed by atoms with E-state index in [0.717, 1.165) is 11.1 Å². The highest BCUT2D eigenvalue weighted by atomic mass is 16.8. The molecule has 1 N–H and O–H groups in total. The van der Waals surface area contributed by atoms with Gasteiger partial charge < -0.3 is 24.1 Å². The number of fused-ring (bicyclic) bond motifs is 2. The second kappa shape index (κ2) is 7.64. The summed E-state index contributed by atoms with van der Waals surface area (Å²) in [5, 5.41) is 10.8. The Morgan fingerprint density at radius 3 is 2.00 bits per heavy atom. The van der Waals surface area contributed by atoms with Gasteiger partial charge in [-0.05, 0) is 11.1 Å². The summed E-state index contributed by atoms with van der Waals surface area (Å²) in [6, 6.07) is 19.7. The zero-order chi connectivity index (χ0) is 17.1. The van der Waals surface area contributed by atoms with Crippen LogP contribution in [0.2, 0.25) is 0 Å². The van der Waals surface area contributed by atoms with Crippen molar-refractivity contribution < 1.29 is 24.1 Å². The zero-order valence-corrected chi connectivity index (χ0v) is 13.9. The Bertz CT molecular complexity index is 605. The predicted octanol–water partition coefficient (Wildman–Crippen LogP) is 2.27. The number of hydrogen-bond acceptors (Lipinski definition) is 5. The van der Waals surface area contributed by atoms with Crippen LogP contribution >= 0.6 is 0 Å². The Morgan fingerprint density at radius 1 is 0.840 bits per heavy atom. The van der Waals surface area contributed by atoms with Gasteiger partial charge in [0.05, 0.1) is 19.8 Å². The lowest BCUT2D eigenvalue weighted by Crippen LogP contribution is -2.55. The number of rotatable bonds is 6. The number of aliphatic hydroxyl groups is 1. The summed E-state index contributed by atoms with van der Waals surface area (Å²) in [6.45, 7) is 1.22. The van der Waals surface area contributed by atoms with Gasteiger partial charge in [0.15, 0.2) is 6.29 Å². The molecule has 4 rings (SSSR count). The Kier molecular flexibility index (Phi) is 5.10. The van der Waals surface area contributed by atoms with Gasteiger partial charge >= 0.3 is 0 Å². The van der Waals surface area contributed by atoms with Crippen molar-refractivity contribution in [1.29, 1.82) is 0 Å². The summed E-state index contributed by atoms with van der Waals surface area (Å²) in [4.78, 5) is 0. The van der Waals surface area contributed by atoms with Gasteiger partial charge in [-0.2, -0.15) is 0 Å². The van der Waals surface area contributed by atoms with Gasteiger partial charge in [-0.25, -0.2) is 0 Å². The highest BCUT2D eigenvalue weighted by Crippen LogP contribution is 2.32. The molecule has 25 heavy (non-hydrogen) atoms. The normalized spacial score (nSPS) is 31.2. The third kappa shape index (κ3) is 3.76. The number of ether oxygens (including phenoxy) is 4. The molecule has 2 fully saturated rings. The third-order valence-corrected chi connectivity index (χ3v) is 4.61. The maximum atomic E-state index is 10.8. The van der Waals surface area contributed by atoms with Crippen LogP contribution in [0.15, 0.2) is 60.7 Å². The molecule has 0 amide bonds. The van der Waals surface area contributed by atoms with Crippen molar-refractivity contribution in [3.05, 3.63) is 71.8 Å². The van der Waals surface area contributed by atoms with E-state index in [0.29, 0.717) is 19.8 Å². The fraction of sp³-hybridized carbons (Fsp3) is 0.400. The molecule has 0 radical (unpaired) electrons. The van der Waals surface area contributed by atoms with Crippen LogP contribution in [0.4, 0.5) is 0 Å². The van der Waals surface area contributed by atoms with E-state index >= 15 is 0 Å². The fourth-order valence-corrected chi connectivity index (χ4v) is 3.27. The van der Waals surface area contributed by atoms with Gasteiger partial charge in [0.25, 0.3) is 0 Å². The maximum Gasteiger partial charge on any atom is 0.187 e. The van der Waals surface area contributed by atoms with E-state index in [4.69, 9.17) is 18.9 Å². The molecule has 2 bridgehead atoms. The molecule has 0 unspecified atom stereocenters. The first-order valence-corrected chi connectivity index (χ1v) is 8.57. The average Bonchev–Trinajstić information content (AvgIpc) is 3.09. The zero-order valence-electron chi connectivity index (χ0n) is 13.9. The summed E-state index contributed by atoms with van der Waals surface area (Å²) in [7, 11) is 0. The first-order chi connectivity index (χ1) is 12.3. The standard InChI is InChI=1S/C20H22O5/c21-17-18(22-11-14-7-3-1-4-8-14)16-13-24-20(25-16)19(17)23-12-15-9-5-2-6-10-15/h1-10,16-21H,11-13H2/t16-,17+,18-,19+,20-/m1/s1. The molecule has 2 aliphatic heterocycles. The lowest BCUT2D eigenvalue weighted by Gasteiger charge is -2.37. The SMILES string of the molecule is O[C@@H]1[C@H](OCc2ccccc2)[C@@H]2OC[C@@H](O2)[C@H]1OCc1ccccc1. The topological polar surface area (TPSA) is 57.2 Å². The first kappa shape index (κ1) is 16.7. The lowest BCUT2D eigenvalue weighted by molar-refractivity contribution is -0.255. The van der Waals surface area contributed by atoms with E-state index in [1.165, 1.54) is 0 Å². The van der Waals surface area contributed by atoms with Crippen LogP contribution in [0.3, 0.4) is 0 Å². The largest absolute Gasteiger partial charge is 0.387 e. The van der Waals surface area contributed by atoms with Crippen LogP contribution in [0, 0.1) is 0 Å². The van der Waals surface area contributed by atoms with E-state index in [-0.39, 0.29) is 6.10 Å². The molecule has 2 saturated heterocycles. The van der Waals surface area contributed by atoms with Crippen molar-refractivity contribution >= 4 is 0 Å². The molecular formula is C20H22O5.